The third-order valence-electron chi connectivity index (χ3n) is 5.21. The molecule has 0 aliphatic heterocycles. The minimum atomic E-state index is -1.02. The number of nitrogens with zero attached hydrogens (tertiary/aromatic N) is 2. The van der Waals surface area contributed by atoms with Gasteiger partial charge in [0, 0.05) is 35.1 Å². The Morgan fingerprint density at radius 1 is 1.36 bits per heavy atom. The molecule has 0 saturated heterocycles. The van der Waals surface area contributed by atoms with Crippen LogP contribution in [-0.4, -0.2) is 27.2 Å². The molecule has 0 bridgehead atoms. The van der Waals surface area contributed by atoms with Crippen LogP contribution < -0.4 is 5.32 Å². The lowest BCUT2D eigenvalue weighted by molar-refractivity contribution is 0.122. The second-order valence-electron chi connectivity index (χ2n) is 7.96. The van der Waals surface area contributed by atoms with Crippen molar-refractivity contribution in [3.05, 3.63) is 53.1 Å². The smallest absolute Gasteiger partial charge is 0.144 e. The molecule has 6 heteroatoms. The van der Waals surface area contributed by atoms with Crippen LogP contribution in [0.1, 0.15) is 31.5 Å². The van der Waals surface area contributed by atoms with Crippen LogP contribution in [0.15, 0.2) is 41.9 Å². The summed E-state index contributed by atoms with van der Waals surface area (Å²) in [4.78, 5) is 10.2. The zero-order valence-corrected chi connectivity index (χ0v) is 17.3. The van der Waals surface area contributed by atoms with Crippen molar-refractivity contribution < 1.29 is 9.50 Å². The third kappa shape index (κ3) is 3.42. The Hall–Kier alpha value is -2.31. The number of aliphatic hydroxyl groups is 1. The number of fused-ring (bicyclic) bond motifs is 3. The van der Waals surface area contributed by atoms with E-state index in [1.54, 1.807) is 31.4 Å². The van der Waals surface area contributed by atoms with Gasteiger partial charge in [-0.2, -0.15) is 0 Å². The Kier molecular flexibility index (Phi) is 4.71. The first-order valence-electron chi connectivity index (χ1n) is 9.43. The number of aryl methyl sites for hydroxylation is 2. The van der Waals surface area contributed by atoms with Crippen molar-refractivity contribution in [2.24, 2.45) is 5.92 Å². The van der Waals surface area contributed by atoms with E-state index in [-0.39, 0.29) is 11.7 Å². The number of halogens is 1. The normalized spacial score (nSPS) is 17.7. The summed E-state index contributed by atoms with van der Waals surface area (Å²) < 4.78 is 15.6. The standard InChI is InChI=1S/C22H24FN3OS/c1-12-9-13(2)26-21-18(12)16-7-8-24-20(19(16)28-21)25-11-14-5-6-15(10-17(14)23)22(3,4)27/h6-10,14,27H,5,11H2,1-4H3,(H,24,25). The van der Waals surface area contributed by atoms with Crippen LogP contribution in [0.25, 0.3) is 20.3 Å². The molecule has 1 unspecified atom stereocenters. The Bertz CT molecular complexity index is 1120. The molecule has 4 nitrogen and oxygen atoms in total. The number of allylic oxidation sites excluding steroid dienone is 1. The van der Waals surface area contributed by atoms with Gasteiger partial charge in [0.25, 0.3) is 0 Å². The van der Waals surface area contributed by atoms with Gasteiger partial charge in [-0.15, -0.1) is 11.3 Å². The molecule has 3 aromatic heterocycles. The zero-order valence-electron chi connectivity index (χ0n) is 16.5. The van der Waals surface area contributed by atoms with Crippen LogP contribution in [0, 0.1) is 19.8 Å². The molecule has 1 aliphatic rings. The minimum Gasteiger partial charge on any atom is -0.386 e. The SMILES string of the molecule is Cc1cc(C)c2c(n1)sc1c(NCC3CC=C(C(C)(C)O)C=C3F)nccc12. The van der Waals surface area contributed by atoms with Crippen molar-refractivity contribution in [1.29, 1.82) is 0 Å². The fourth-order valence-electron chi connectivity index (χ4n) is 3.71. The van der Waals surface area contributed by atoms with E-state index in [1.165, 1.54) is 11.6 Å². The molecule has 1 aliphatic carbocycles. The highest BCUT2D eigenvalue weighted by atomic mass is 32.1. The Labute approximate surface area is 167 Å². The molecule has 4 rings (SSSR count). The Morgan fingerprint density at radius 2 is 2.14 bits per heavy atom. The van der Waals surface area contributed by atoms with Crippen LogP contribution in [0.5, 0.6) is 0 Å². The maximum absolute atomic E-state index is 14.6. The van der Waals surface area contributed by atoms with E-state index in [9.17, 15) is 9.50 Å². The molecule has 0 amide bonds. The van der Waals surface area contributed by atoms with Crippen LogP contribution >= 0.6 is 11.3 Å². The Morgan fingerprint density at radius 3 is 2.86 bits per heavy atom. The Balaban J connectivity index is 1.61. The first-order chi connectivity index (χ1) is 13.2. The summed E-state index contributed by atoms with van der Waals surface area (Å²) in [5, 5.41) is 15.7. The lowest BCUT2D eigenvalue weighted by Crippen LogP contribution is -2.25. The summed E-state index contributed by atoms with van der Waals surface area (Å²) in [6.45, 7) is 7.90. The summed E-state index contributed by atoms with van der Waals surface area (Å²) >= 11 is 1.62. The van der Waals surface area contributed by atoms with Gasteiger partial charge in [-0.05, 0) is 63.5 Å². The van der Waals surface area contributed by atoms with Crippen LogP contribution in [0.2, 0.25) is 0 Å². The van der Waals surface area contributed by atoms with Crippen molar-refractivity contribution in [2.45, 2.75) is 39.7 Å². The fraction of sp³-hybridized carbons (Fsp3) is 0.364. The van der Waals surface area contributed by atoms with Crippen LogP contribution in [0.4, 0.5) is 10.2 Å². The third-order valence-corrected chi connectivity index (χ3v) is 6.32. The maximum Gasteiger partial charge on any atom is 0.144 e. The number of nitrogens with one attached hydrogen (secondary N) is 1. The fourth-order valence-corrected chi connectivity index (χ4v) is 4.97. The number of pyridine rings is 2. The first-order valence-corrected chi connectivity index (χ1v) is 10.2. The molecule has 1 atom stereocenters. The second-order valence-corrected chi connectivity index (χ2v) is 8.96. The number of aromatic nitrogens is 2. The van der Waals surface area contributed by atoms with E-state index in [0.29, 0.717) is 18.5 Å². The summed E-state index contributed by atoms with van der Waals surface area (Å²) in [5.74, 6) is 0.297. The summed E-state index contributed by atoms with van der Waals surface area (Å²) in [6.07, 6.45) is 5.71. The lowest BCUT2D eigenvalue weighted by atomic mass is 9.88. The number of rotatable bonds is 4. The van der Waals surface area contributed by atoms with E-state index in [0.717, 1.165) is 31.8 Å². The molecular formula is C22H24FN3OS. The highest BCUT2D eigenvalue weighted by Crippen LogP contribution is 2.38. The van der Waals surface area contributed by atoms with Crippen molar-refractivity contribution >= 4 is 37.5 Å². The summed E-state index contributed by atoms with van der Waals surface area (Å²) in [7, 11) is 0. The molecule has 0 saturated carbocycles. The molecule has 28 heavy (non-hydrogen) atoms. The van der Waals surface area contributed by atoms with E-state index >= 15 is 0 Å². The molecule has 3 heterocycles. The number of thiophene rings is 1. The summed E-state index contributed by atoms with van der Waals surface area (Å²) in [5.41, 5.74) is 1.81. The highest BCUT2D eigenvalue weighted by molar-refractivity contribution is 7.26. The van der Waals surface area contributed by atoms with Crippen molar-refractivity contribution in [3.63, 3.8) is 0 Å². The number of anilines is 1. The maximum atomic E-state index is 14.6. The predicted octanol–water partition coefficient (Wildman–Crippen LogP) is 5.44. The summed E-state index contributed by atoms with van der Waals surface area (Å²) in [6, 6.07) is 4.11. The van der Waals surface area contributed by atoms with Gasteiger partial charge < -0.3 is 10.4 Å². The highest BCUT2D eigenvalue weighted by Gasteiger charge is 2.25. The van der Waals surface area contributed by atoms with E-state index in [4.69, 9.17) is 0 Å². The zero-order chi connectivity index (χ0) is 20.1. The van der Waals surface area contributed by atoms with E-state index in [1.807, 2.05) is 19.1 Å². The van der Waals surface area contributed by atoms with Gasteiger partial charge in [0.05, 0.1) is 10.3 Å². The molecular weight excluding hydrogens is 373 g/mol. The molecule has 3 aromatic rings. The average molecular weight is 398 g/mol. The lowest BCUT2D eigenvalue weighted by Gasteiger charge is -2.25. The monoisotopic (exact) mass is 397 g/mol. The van der Waals surface area contributed by atoms with E-state index < -0.39 is 5.60 Å². The van der Waals surface area contributed by atoms with Gasteiger partial charge in [0.15, 0.2) is 0 Å². The molecule has 0 spiro atoms. The van der Waals surface area contributed by atoms with Crippen LogP contribution in [0.3, 0.4) is 0 Å². The van der Waals surface area contributed by atoms with Crippen molar-refractivity contribution in [3.8, 4) is 0 Å². The van der Waals surface area contributed by atoms with Gasteiger partial charge in [0.2, 0.25) is 0 Å². The molecule has 2 N–H and O–H groups in total. The first kappa shape index (κ1) is 19.0. The van der Waals surface area contributed by atoms with Crippen molar-refractivity contribution in [2.75, 3.05) is 11.9 Å². The topological polar surface area (TPSA) is 58.0 Å². The van der Waals surface area contributed by atoms with Crippen molar-refractivity contribution in [1.82, 2.24) is 9.97 Å². The van der Waals surface area contributed by atoms with Gasteiger partial charge in [-0.3, -0.25) is 0 Å². The van der Waals surface area contributed by atoms with Gasteiger partial charge >= 0.3 is 0 Å². The second kappa shape index (κ2) is 6.94. The minimum absolute atomic E-state index is 0.205. The molecule has 0 aromatic carbocycles. The average Bonchev–Trinajstić information content (AvgIpc) is 2.98. The van der Waals surface area contributed by atoms with Crippen LogP contribution in [-0.2, 0) is 0 Å². The van der Waals surface area contributed by atoms with Gasteiger partial charge in [0.1, 0.15) is 16.5 Å². The van der Waals surface area contributed by atoms with E-state index in [2.05, 4.69) is 28.3 Å². The molecule has 146 valence electrons. The molecule has 0 fully saturated rings. The predicted molar refractivity (Wildman–Crippen MR) is 115 cm³/mol. The number of hydrogen-bond donors (Lipinski definition) is 2. The van der Waals surface area contributed by atoms with Gasteiger partial charge in [-0.25, -0.2) is 14.4 Å². The van der Waals surface area contributed by atoms with Gasteiger partial charge in [-0.1, -0.05) is 6.08 Å². The molecule has 0 radical (unpaired) electrons. The quantitative estimate of drug-likeness (QED) is 0.615. The number of hydrogen-bond acceptors (Lipinski definition) is 5. The largest absolute Gasteiger partial charge is 0.386 e.